The number of alkyl halides is 1. The first-order chi connectivity index (χ1) is 68.7. The van der Waals surface area contributed by atoms with Crippen LogP contribution in [0.1, 0.15) is 117 Å². The van der Waals surface area contributed by atoms with E-state index in [9.17, 15) is 34.2 Å². The Kier molecular flexibility index (Phi) is 47.7. The van der Waals surface area contributed by atoms with Gasteiger partial charge in [-0.2, -0.15) is 65.2 Å². The van der Waals surface area contributed by atoms with Crippen molar-refractivity contribution < 1.29 is 216 Å². The third kappa shape index (κ3) is 33.4. The van der Waals surface area contributed by atoms with E-state index in [1.807, 2.05) is 176 Å². The van der Waals surface area contributed by atoms with E-state index in [1.165, 1.54) is 117 Å². The zero-order chi connectivity index (χ0) is 98.4. The summed E-state index contributed by atoms with van der Waals surface area (Å²) in [5, 5.41) is 19.7. The molecule has 0 saturated heterocycles. The summed E-state index contributed by atoms with van der Waals surface area (Å²) in [4.78, 5) is 61.1. The number of carbonyl (C=O) groups excluding carboxylic acids is 1. The molecule has 5 radical (unpaired) electrons. The van der Waals surface area contributed by atoms with E-state index in [-0.39, 0.29) is 182 Å². The molecule has 725 valence electrons. The van der Waals surface area contributed by atoms with Crippen molar-refractivity contribution in [2.75, 3.05) is 11.9 Å². The number of phenolic OH excluding ortho intramolecular Hbond substituents is 2. The number of allylic oxidation sites excluding steroid dienone is 5. The van der Waals surface area contributed by atoms with E-state index in [4.69, 9.17) is 37.9 Å². The monoisotopic (exact) mass is 2440 g/mol. The molecule has 0 unspecified atom stereocenters. The number of nitrogens with one attached hydrogen (secondary N) is 1. The average molecular weight is 2440 g/mol. The number of benzene rings is 14. The molecule has 2 heterocycles. The van der Waals surface area contributed by atoms with Crippen LogP contribution in [0.5, 0.6) is 80.5 Å². The fourth-order valence-corrected chi connectivity index (χ4v) is 16.8. The number of ether oxygens (including phenoxy) is 8. The summed E-state index contributed by atoms with van der Waals surface area (Å²) in [7, 11) is 0. The van der Waals surface area contributed by atoms with Gasteiger partial charge in [-0.1, -0.05) is 260 Å². The molecule has 21 rings (SSSR count). The second-order valence-electron chi connectivity index (χ2n) is 33.6. The number of carbonyl (C=O) groups is 1. The van der Waals surface area contributed by atoms with Gasteiger partial charge < -0.3 is 48.1 Å². The van der Waals surface area contributed by atoms with Crippen LogP contribution in [0.3, 0.4) is 0 Å². The Labute approximate surface area is 993 Å². The SMILES string of the molecule is CC1=Cc2c(Br)cccc2C1.CC1=Cc2c(cccc2Oc2cc[c-]cc2O)C1.CC1=Cc2c(cccc2Oc2cc[c-]cc2OCCn2ccc(=O)[nH]c2=O)C1.CC1=Cc2c(cccc2Oc2cc[c-]cc2OCc2ccccc2)C1.CC1=Cc2c(cccc2Oc2cc[c-]cc2OCc2ccccc2)C1.O=C(c1ccccc1)n1c(=O)ccn(CCBr)c1=O.Oc1cc[c-]cc1OCc1ccccc1.[Y].[Y].[Y].[Y].[Y]. The molecular formula is C120H101Br2N4O15Y5-5. The molecule has 0 saturated carbocycles. The molecule has 0 amide bonds. The van der Waals surface area contributed by atoms with Gasteiger partial charge in [-0.05, 0) is 159 Å². The van der Waals surface area contributed by atoms with Crippen LogP contribution in [0.4, 0.5) is 0 Å². The molecular weight excluding hydrogens is 2340 g/mol. The average Bonchev–Trinajstić information content (AvgIpc) is 1.51. The Morgan fingerprint density at radius 3 is 1.08 bits per heavy atom. The van der Waals surface area contributed by atoms with Gasteiger partial charge in [0.25, 0.3) is 17.0 Å². The number of hydrogen-bond donors (Lipinski definition) is 3. The molecule has 0 fully saturated rings. The number of hydrogen-bond acceptors (Lipinski definition) is 15. The zero-order valence-corrected chi connectivity index (χ0v) is 98.6. The van der Waals surface area contributed by atoms with Crippen LogP contribution in [0.25, 0.3) is 30.4 Å². The Morgan fingerprint density at radius 2 is 0.685 bits per heavy atom. The van der Waals surface area contributed by atoms with Crippen LogP contribution >= 0.6 is 31.9 Å². The number of aromatic amines is 1. The molecule has 0 spiro atoms. The Balaban J connectivity index is 0.000000176. The van der Waals surface area contributed by atoms with Crippen LogP contribution in [0.15, 0.2) is 379 Å². The maximum Gasteiger partial charge on any atom is 0.338 e. The van der Waals surface area contributed by atoms with Gasteiger partial charge in [-0.3, -0.25) is 28.5 Å². The fourth-order valence-electron chi connectivity index (χ4n) is 15.9. The number of rotatable bonds is 24. The summed E-state index contributed by atoms with van der Waals surface area (Å²) in [5.41, 5.74) is 20.8. The summed E-state index contributed by atoms with van der Waals surface area (Å²) in [6, 6.07) is 113. The third-order valence-electron chi connectivity index (χ3n) is 22.7. The summed E-state index contributed by atoms with van der Waals surface area (Å²) < 4.78 is 52.1. The molecule has 26 heteroatoms. The number of aryl methyl sites for hydroxylation is 1. The number of aromatic nitrogens is 4. The van der Waals surface area contributed by atoms with E-state index >= 15 is 0 Å². The summed E-state index contributed by atoms with van der Waals surface area (Å²) in [6.45, 7) is 13.1. The molecule has 0 atom stereocenters. The third-order valence-corrected chi connectivity index (χ3v) is 23.8. The van der Waals surface area contributed by atoms with Gasteiger partial charge in [0.05, 0.1) is 56.0 Å². The second kappa shape index (κ2) is 59.5. The number of nitrogens with zero attached hydrogens (tertiary/aromatic N) is 3. The fraction of sp³-hybridized carbons (Fsp3) is 0.142. The Bertz CT molecular complexity index is 7370. The minimum absolute atomic E-state index is 0. The topological polar surface area (TPSA) is 230 Å². The minimum atomic E-state index is -0.624. The molecule has 146 heavy (non-hydrogen) atoms. The van der Waals surface area contributed by atoms with E-state index < -0.39 is 28.4 Å². The molecule has 19 nitrogen and oxygen atoms in total. The molecule has 0 bridgehead atoms. The van der Waals surface area contributed by atoms with Crippen molar-refractivity contribution in [3.05, 3.63) is 510 Å². The molecule has 3 N–H and O–H groups in total. The number of phenols is 2. The molecule has 16 aromatic rings. The van der Waals surface area contributed by atoms with Gasteiger partial charge >= 0.3 is 11.4 Å². The first-order valence-electron chi connectivity index (χ1n) is 45.8. The van der Waals surface area contributed by atoms with Gasteiger partial charge in [0, 0.05) is 267 Å². The Hall–Kier alpha value is -10.7. The minimum Gasteiger partial charge on any atom is -0.562 e. The van der Waals surface area contributed by atoms with E-state index in [2.05, 4.69) is 175 Å². The maximum atomic E-state index is 12.2. The molecule has 14 aromatic carbocycles. The van der Waals surface area contributed by atoms with Crippen molar-refractivity contribution in [2.45, 2.75) is 99.6 Å². The summed E-state index contributed by atoms with van der Waals surface area (Å²) in [5.74, 6) is 7.78. The van der Waals surface area contributed by atoms with Crippen molar-refractivity contribution in [3.63, 3.8) is 0 Å². The molecule has 0 aliphatic heterocycles. The molecule has 2 aromatic heterocycles. The van der Waals surface area contributed by atoms with Crippen LogP contribution < -0.4 is 60.4 Å². The van der Waals surface area contributed by atoms with Crippen molar-refractivity contribution in [1.29, 1.82) is 0 Å². The standard InChI is InChI=1S/2C23H19O2.C22H19N2O4.C16H13O2.C13H11BrN2O3.C13H11O2.C10H9Br.5Y/c2*1-17-14-19-10-7-13-21(20(19)15-17)25-23-12-6-5-11-22(23)24-16-18-8-3-2-4-9-18;1-15-13-16-5-4-8-18(17(16)14-15)28-20-7-3-2-6-19(20)27-12-11-24-10-9-21(25)23-22(24)26;1-11-9-12-5-4-8-15(13(12)10-11)18-16-7-3-2-6-14(16)17;14-7-9-15-8-6-11(17)16(13(15)19)12(18)10-4-2-1-3-5-10;14-12-8-4-5-9-13(12)15-10-11-6-2-1-3-7-11;1-7-5-8-3-2-4-10(11)9(8)6-7;;;;;/h2*2-4,6-13,15H,14,16H2,1H3;3-10,14H,11-13H2,1H3,(H,23,25,26);3-8,10,17H,9H2,1H3;1-6,8H,7,9H2;1-4,6-9,14H,10H2;2-4,6H,5H2,1H3;;;;;/q4*-1;;-1;;;;;;. The number of halogens is 2. The Morgan fingerprint density at radius 1 is 0.342 bits per heavy atom. The van der Waals surface area contributed by atoms with Gasteiger partial charge in [-0.15, -0.1) is 60.7 Å². The molecule has 5 aliphatic carbocycles. The molecule has 5 aliphatic rings. The van der Waals surface area contributed by atoms with Crippen LogP contribution in [-0.2, 0) is 229 Å². The smallest absolute Gasteiger partial charge is 0.338 e. The van der Waals surface area contributed by atoms with Crippen molar-refractivity contribution in [3.8, 4) is 80.5 Å². The first kappa shape index (κ1) is 117. The first-order valence-corrected chi connectivity index (χ1v) is 47.7. The summed E-state index contributed by atoms with van der Waals surface area (Å²) >= 11 is 6.74. The van der Waals surface area contributed by atoms with Crippen LogP contribution in [0.2, 0.25) is 0 Å². The predicted octanol–water partition coefficient (Wildman–Crippen LogP) is 26.0. The van der Waals surface area contributed by atoms with Crippen LogP contribution in [0, 0.1) is 30.3 Å². The summed E-state index contributed by atoms with van der Waals surface area (Å²) in [6.07, 6.45) is 18.8. The number of aromatic hydroxyl groups is 2. The van der Waals surface area contributed by atoms with Crippen molar-refractivity contribution >= 4 is 68.1 Å². The van der Waals surface area contributed by atoms with Crippen molar-refractivity contribution in [2.24, 2.45) is 0 Å². The predicted molar refractivity (Wildman–Crippen MR) is 561 cm³/mol. The van der Waals surface area contributed by atoms with E-state index in [0.717, 1.165) is 82.9 Å². The number of fused-ring (bicyclic) bond motifs is 5. The van der Waals surface area contributed by atoms with E-state index in [1.54, 1.807) is 78.9 Å². The van der Waals surface area contributed by atoms with Gasteiger partial charge in [0.2, 0.25) is 0 Å². The quantitative estimate of drug-likeness (QED) is 0.0377. The van der Waals surface area contributed by atoms with Gasteiger partial charge in [0.1, 0.15) is 23.0 Å². The van der Waals surface area contributed by atoms with Crippen molar-refractivity contribution in [1.82, 2.24) is 18.7 Å². The number of H-pyrrole nitrogens is 1. The maximum absolute atomic E-state index is 12.2. The van der Waals surface area contributed by atoms with Gasteiger partial charge in [-0.25, -0.2) is 9.59 Å². The van der Waals surface area contributed by atoms with Gasteiger partial charge in [0.15, 0.2) is 0 Å². The normalized spacial score (nSPS) is 11.7. The largest absolute Gasteiger partial charge is 0.562 e. The zero-order valence-electron chi connectivity index (χ0n) is 81.2. The van der Waals surface area contributed by atoms with Crippen LogP contribution in [-0.4, -0.2) is 46.7 Å². The van der Waals surface area contributed by atoms with E-state index in [0.29, 0.717) is 94.4 Å². The second-order valence-corrected chi connectivity index (χ2v) is 35.2.